The lowest BCUT2D eigenvalue weighted by Gasteiger charge is -2.04. The maximum Gasteiger partial charge on any atom is -0.0230 e. The van der Waals surface area contributed by atoms with Gasteiger partial charge in [-0.05, 0) is 36.3 Å². The Bertz CT molecular complexity index is 95.0. The quantitative estimate of drug-likeness (QED) is 0.437. The summed E-state index contributed by atoms with van der Waals surface area (Å²) < 4.78 is 0. The van der Waals surface area contributed by atoms with Crippen molar-refractivity contribution in [1.82, 2.24) is 0 Å². The molecule has 46 valence electrons. The molecule has 8 heavy (non-hydrogen) atoms. The number of hydrogen-bond acceptors (Lipinski definition) is 0. The minimum absolute atomic E-state index is 0.981. The van der Waals surface area contributed by atoms with Gasteiger partial charge >= 0.3 is 0 Å². The van der Waals surface area contributed by atoms with Crippen molar-refractivity contribution in [3.05, 3.63) is 0 Å². The Morgan fingerprint density at radius 2 is 2.00 bits per heavy atom. The van der Waals surface area contributed by atoms with Gasteiger partial charge in [0.05, 0.1) is 0 Å². The van der Waals surface area contributed by atoms with E-state index in [2.05, 4.69) is 16.2 Å². The van der Waals surface area contributed by atoms with Gasteiger partial charge in [0.2, 0.25) is 0 Å². The van der Waals surface area contributed by atoms with E-state index < -0.39 is 0 Å². The van der Waals surface area contributed by atoms with E-state index in [-0.39, 0.29) is 0 Å². The van der Waals surface area contributed by atoms with Crippen molar-refractivity contribution in [2.45, 2.75) is 25.4 Å². The van der Waals surface area contributed by atoms with Crippen molar-refractivity contribution in [2.24, 2.45) is 17.8 Å². The first-order chi connectivity index (χ1) is 3.79. The summed E-state index contributed by atoms with van der Waals surface area (Å²) in [6.45, 7) is 2.40. The second kappa shape index (κ2) is 1.48. The van der Waals surface area contributed by atoms with Gasteiger partial charge in [0.25, 0.3) is 0 Å². The molecule has 0 aromatic heterocycles. The highest BCUT2D eigenvalue weighted by Crippen LogP contribution is 2.57. The van der Waals surface area contributed by atoms with Crippen molar-refractivity contribution in [3.8, 4) is 0 Å². The van der Waals surface area contributed by atoms with E-state index in [1.165, 1.54) is 12.8 Å². The molecule has 2 aliphatic rings. The second-order valence-electron chi connectivity index (χ2n) is 3.44. The highest BCUT2D eigenvalue weighted by Gasteiger charge is 2.50. The lowest BCUT2D eigenvalue weighted by Crippen LogP contribution is -1.96. The van der Waals surface area contributed by atoms with Gasteiger partial charge in [0.1, 0.15) is 0 Å². The molecule has 0 nitrogen and oxygen atoms in total. The first-order valence-electron chi connectivity index (χ1n) is 3.54. The molecule has 1 heteroatoms. The molecule has 2 rings (SSSR count). The molecule has 0 bridgehead atoms. The summed E-state index contributed by atoms with van der Waals surface area (Å²) >= 11 is 0. The van der Waals surface area contributed by atoms with Crippen molar-refractivity contribution in [1.29, 1.82) is 0 Å². The fourth-order valence-electron chi connectivity index (χ4n) is 2.16. The zero-order valence-corrected chi connectivity index (χ0v) is 6.46. The van der Waals surface area contributed by atoms with Crippen LogP contribution >= 0.6 is 9.24 Å². The van der Waals surface area contributed by atoms with Gasteiger partial charge in [-0.25, -0.2) is 0 Å². The largest absolute Gasteiger partial charge is 0.134 e. The molecule has 5 unspecified atom stereocenters. The molecule has 0 saturated heterocycles. The van der Waals surface area contributed by atoms with Crippen LogP contribution in [0.3, 0.4) is 0 Å². The van der Waals surface area contributed by atoms with Crippen molar-refractivity contribution in [2.75, 3.05) is 0 Å². The fraction of sp³-hybridized carbons (Fsp3) is 1.00. The number of rotatable bonds is 0. The summed E-state index contributed by atoms with van der Waals surface area (Å²) in [7, 11) is 2.98. The van der Waals surface area contributed by atoms with Crippen LogP contribution in [0.1, 0.15) is 19.8 Å². The van der Waals surface area contributed by atoms with Crippen molar-refractivity contribution in [3.63, 3.8) is 0 Å². The van der Waals surface area contributed by atoms with Crippen LogP contribution in [0.4, 0.5) is 0 Å². The third kappa shape index (κ3) is 0.558. The maximum absolute atomic E-state index is 2.98. The highest BCUT2D eigenvalue weighted by atomic mass is 31.0. The molecule has 0 aromatic carbocycles. The van der Waals surface area contributed by atoms with Gasteiger partial charge < -0.3 is 0 Å². The molecule has 0 heterocycles. The van der Waals surface area contributed by atoms with Crippen LogP contribution in [0, 0.1) is 17.8 Å². The molecule has 2 aliphatic carbocycles. The minimum Gasteiger partial charge on any atom is -0.134 e. The topological polar surface area (TPSA) is 0 Å². The van der Waals surface area contributed by atoms with Gasteiger partial charge in [-0.3, -0.25) is 0 Å². The van der Waals surface area contributed by atoms with E-state index in [0.29, 0.717) is 0 Å². The van der Waals surface area contributed by atoms with Gasteiger partial charge in [-0.1, -0.05) is 6.92 Å². The Hall–Kier alpha value is 0.430. The molecule has 2 saturated carbocycles. The Morgan fingerprint density at radius 1 is 1.25 bits per heavy atom. The third-order valence-corrected chi connectivity index (χ3v) is 3.58. The summed E-state index contributed by atoms with van der Waals surface area (Å²) in [4.78, 5) is 0. The van der Waals surface area contributed by atoms with Crippen LogP contribution in [0.5, 0.6) is 0 Å². The first kappa shape index (κ1) is 5.23. The van der Waals surface area contributed by atoms with E-state index >= 15 is 0 Å². The van der Waals surface area contributed by atoms with Gasteiger partial charge in [0, 0.05) is 0 Å². The molecule has 0 aliphatic heterocycles. The Balaban J connectivity index is 2.09. The minimum atomic E-state index is 0.981. The Kier molecular flexibility index (Phi) is 0.965. The lowest BCUT2D eigenvalue weighted by molar-refractivity contribution is 0.533. The monoisotopic (exact) mass is 128 g/mol. The average Bonchev–Trinajstić information content (AvgIpc) is 2.35. The predicted octanol–water partition coefficient (Wildman–Crippen LogP) is 1.91. The summed E-state index contributed by atoms with van der Waals surface area (Å²) in [6, 6.07) is 0. The maximum atomic E-state index is 2.98. The summed E-state index contributed by atoms with van der Waals surface area (Å²) in [5.41, 5.74) is 0.981. The average molecular weight is 128 g/mol. The molecule has 5 atom stereocenters. The second-order valence-corrected chi connectivity index (χ2v) is 4.30. The number of fused-ring (bicyclic) bond motifs is 1. The van der Waals surface area contributed by atoms with Gasteiger partial charge in [0.15, 0.2) is 0 Å². The van der Waals surface area contributed by atoms with Crippen molar-refractivity contribution >= 4 is 9.24 Å². The van der Waals surface area contributed by atoms with Gasteiger partial charge in [-0.15, -0.1) is 9.24 Å². The Labute approximate surface area is 53.2 Å². The first-order valence-corrected chi connectivity index (χ1v) is 4.21. The van der Waals surface area contributed by atoms with E-state index in [4.69, 9.17) is 0 Å². The van der Waals surface area contributed by atoms with Crippen LogP contribution in [0.15, 0.2) is 0 Å². The molecule has 0 N–H and O–H groups in total. The van der Waals surface area contributed by atoms with E-state index in [1.807, 2.05) is 0 Å². The lowest BCUT2D eigenvalue weighted by atomic mass is 10.1. The van der Waals surface area contributed by atoms with Gasteiger partial charge in [-0.2, -0.15) is 0 Å². The van der Waals surface area contributed by atoms with Crippen LogP contribution in [-0.2, 0) is 0 Å². The van der Waals surface area contributed by atoms with Crippen LogP contribution in [0.2, 0.25) is 0 Å². The highest BCUT2D eigenvalue weighted by molar-refractivity contribution is 7.17. The summed E-state index contributed by atoms with van der Waals surface area (Å²) in [6.07, 6.45) is 3.01. The smallest absolute Gasteiger partial charge is 0.0230 e. The zero-order chi connectivity index (χ0) is 5.72. The molecule has 0 radical (unpaired) electrons. The molecule has 0 spiro atoms. The molecule has 0 amide bonds. The SMILES string of the molecule is CC1CC(P)C2CC12. The molecule has 2 fully saturated rings. The normalized spacial score (nSPS) is 60.8. The van der Waals surface area contributed by atoms with E-state index in [0.717, 1.165) is 23.4 Å². The standard InChI is InChI=1S/C7H13P/c1-4-2-7(8)6-3-5(4)6/h4-7H,2-3,8H2,1H3. The van der Waals surface area contributed by atoms with Crippen LogP contribution in [-0.4, -0.2) is 5.66 Å². The Morgan fingerprint density at radius 3 is 2.12 bits per heavy atom. The predicted molar refractivity (Wildman–Crippen MR) is 38.9 cm³/mol. The van der Waals surface area contributed by atoms with Crippen molar-refractivity contribution < 1.29 is 0 Å². The summed E-state index contributed by atoms with van der Waals surface area (Å²) in [5.74, 6) is 3.30. The molecular weight excluding hydrogens is 115 g/mol. The summed E-state index contributed by atoms with van der Waals surface area (Å²) in [5, 5.41) is 0. The third-order valence-electron chi connectivity index (χ3n) is 2.82. The fourth-order valence-corrected chi connectivity index (χ4v) is 3.03. The molecule has 0 aromatic rings. The van der Waals surface area contributed by atoms with Crippen LogP contribution < -0.4 is 0 Å². The molecular formula is C7H13P. The zero-order valence-electron chi connectivity index (χ0n) is 5.30. The number of hydrogen-bond donors (Lipinski definition) is 0. The van der Waals surface area contributed by atoms with E-state index in [9.17, 15) is 0 Å². The van der Waals surface area contributed by atoms with Crippen LogP contribution in [0.25, 0.3) is 0 Å². The van der Waals surface area contributed by atoms with E-state index in [1.54, 1.807) is 0 Å².